The Hall–Kier alpha value is -0.120. The van der Waals surface area contributed by atoms with Crippen molar-refractivity contribution < 1.29 is 0 Å². The second-order valence-electron chi connectivity index (χ2n) is 6.22. The van der Waals surface area contributed by atoms with E-state index in [1.807, 2.05) is 0 Å². The average Bonchev–Trinajstić information content (AvgIpc) is 2.39. The highest BCUT2D eigenvalue weighted by atomic mass is 15.3. The molecule has 0 aromatic heterocycles. The quantitative estimate of drug-likeness (QED) is 0.738. The third-order valence-electron chi connectivity index (χ3n) is 5.12. The van der Waals surface area contributed by atoms with Crippen LogP contribution in [-0.2, 0) is 0 Å². The summed E-state index contributed by atoms with van der Waals surface area (Å²) in [6.45, 7) is 10.2. The molecule has 3 saturated heterocycles. The molecule has 3 heteroatoms. The Morgan fingerprint density at radius 3 is 2.76 bits per heavy atom. The van der Waals surface area contributed by atoms with Crippen LogP contribution in [0, 0.1) is 5.92 Å². The first kappa shape index (κ1) is 11.9. The first-order chi connectivity index (χ1) is 8.34. The van der Waals surface area contributed by atoms with Crippen LogP contribution in [0.4, 0.5) is 0 Å². The molecule has 0 amide bonds. The lowest BCUT2D eigenvalue weighted by Gasteiger charge is -2.48. The highest BCUT2D eigenvalue weighted by Crippen LogP contribution is 2.25. The summed E-state index contributed by atoms with van der Waals surface area (Å²) in [6.07, 6.45) is 5.67. The van der Waals surface area contributed by atoms with Crippen LogP contribution in [0.15, 0.2) is 0 Å². The molecular formula is C14H27N3. The Kier molecular flexibility index (Phi) is 3.69. The minimum absolute atomic E-state index is 0.799. The fourth-order valence-electron chi connectivity index (χ4n) is 3.94. The zero-order valence-electron chi connectivity index (χ0n) is 11.2. The maximum Gasteiger partial charge on any atom is 0.0247 e. The van der Waals surface area contributed by atoms with E-state index in [4.69, 9.17) is 0 Å². The summed E-state index contributed by atoms with van der Waals surface area (Å²) in [5.41, 5.74) is 0. The van der Waals surface area contributed by atoms with E-state index in [0.29, 0.717) is 0 Å². The van der Waals surface area contributed by atoms with E-state index >= 15 is 0 Å². The number of nitrogens with zero attached hydrogens (tertiary/aromatic N) is 2. The van der Waals surface area contributed by atoms with E-state index in [2.05, 4.69) is 22.0 Å². The summed E-state index contributed by atoms with van der Waals surface area (Å²) >= 11 is 0. The molecule has 3 aliphatic rings. The monoisotopic (exact) mass is 237 g/mol. The standard InChI is InChI=1S/C14H27N3/c1-12-5-6-15-10-14(12)17-9-8-16-7-3-2-4-13(16)11-17/h12-15H,2-11H2,1H3. The predicted octanol–water partition coefficient (Wildman–Crippen LogP) is 1.15. The third kappa shape index (κ3) is 2.51. The Bertz CT molecular complexity index is 256. The zero-order chi connectivity index (χ0) is 11.7. The number of piperazine rings is 1. The Balaban J connectivity index is 1.60. The third-order valence-corrected chi connectivity index (χ3v) is 5.12. The molecule has 3 rings (SSSR count). The summed E-state index contributed by atoms with van der Waals surface area (Å²) in [5.74, 6) is 0.881. The maximum atomic E-state index is 3.58. The van der Waals surface area contributed by atoms with E-state index < -0.39 is 0 Å². The number of rotatable bonds is 1. The van der Waals surface area contributed by atoms with Gasteiger partial charge in [-0.05, 0) is 38.3 Å². The summed E-state index contributed by atoms with van der Waals surface area (Å²) in [5, 5.41) is 3.58. The Morgan fingerprint density at radius 2 is 1.88 bits per heavy atom. The van der Waals surface area contributed by atoms with Gasteiger partial charge in [0.25, 0.3) is 0 Å². The van der Waals surface area contributed by atoms with Crippen molar-refractivity contribution in [2.45, 2.75) is 44.7 Å². The number of hydrogen-bond acceptors (Lipinski definition) is 3. The molecule has 3 nitrogen and oxygen atoms in total. The van der Waals surface area contributed by atoms with Gasteiger partial charge in [0.2, 0.25) is 0 Å². The van der Waals surface area contributed by atoms with Gasteiger partial charge >= 0.3 is 0 Å². The predicted molar refractivity (Wildman–Crippen MR) is 71.2 cm³/mol. The summed E-state index contributed by atoms with van der Waals surface area (Å²) < 4.78 is 0. The van der Waals surface area contributed by atoms with Crippen LogP contribution in [0.1, 0.15) is 32.6 Å². The van der Waals surface area contributed by atoms with E-state index in [-0.39, 0.29) is 0 Å². The molecule has 0 spiro atoms. The number of fused-ring (bicyclic) bond motifs is 1. The van der Waals surface area contributed by atoms with Gasteiger partial charge in [-0.1, -0.05) is 13.3 Å². The van der Waals surface area contributed by atoms with Gasteiger partial charge < -0.3 is 5.32 Å². The van der Waals surface area contributed by atoms with E-state index in [1.54, 1.807) is 0 Å². The van der Waals surface area contributed by atoms with Gasteiger partial charge in [-0.25, -0.2) is 0 Å². The fraction of sp³-hybridized carbons (Fsp3) is 1.00. The number of piperidine rings is 2. The summed E-state index contributed by atoms with van der Waals surface area (Å²) in [4.78, 5) is 5.52. The minimum Gasteiger partial charge on any atom is -0.315 e. The molecule has 0 aromatic rings. The molecule has 3 atom stereocenters. The molecule has 0 aliphatic carbocycles. The molecule has 0 aromatic carbocycles. The normalized spacial score (nSPS) is 41.1. The van der Waals surface area contributed by atoms with Crippen molar-refractivity contribution in [3.05, 3.63) is 0 Å². The van der Waals surface area contributed by atoms with Gasteiger partial charge in [-0.2, -0.15) is 0 Å². The van der Waals surface area contributed by atoms with Gasteiger partial charge in [-0.3, -0.25) is 9.80 Å². The fourth-order valence-corrected chi connectivity index (χ4v) is 3.94. The van der Waals surface area contributed by atoms with E-state index in [0.717, 1.165) is 18.0 Å². The molecule has 0 saturated carbocycles. The highest BCUT2D eigenvalue weighted by molar-refractivity contribution is 4.91. The molecular weight excluding hydrogens is 210 g/mol. The minimum atomic E-state index is 0.799. The Labute approximate surface area is 106 Å². The van der Waals surface area contributed by atoms with Gasteiger partial charge in [0.05, 0.1) is 0 Å². The van der Waals surface area contributed by atoms with Crippen LogP contribution in [-0.4, -0.2) is 61.2 Å². The number of nitrogens with one attached hydrogen (secondary N) is 1. The van der Waals surface area contributed by atoms with Crippen molar-refractivity contribution >= 4 is 0 Å². The van der Waals surface area contributed by atoms with Crippen molar-refractivity contribution in [2.24, 2.45) is 5.92 Å². The van der Waals surface area contributed by atoms with Gasteiger partial charge in [0, 0.05) is 38.3 Å². The first-order valence-corrected chi connectivity index (χ1v) is 7.53. The SMILES string of the molecule is CC1CCNCC1N1CCN2CCCCC2C1. The number of hydrogen-bond donors (Lipinski definition) is 1. The van der Waals surface area contributed by atoms with Crippen LogP contribution < -0.4 is 5.32 Å². The van der Waals surface area contributed by atoms with Crippen LogP contribution >= 0.6 is 0 Å². The van der Waals surface area contributed by atoms with Gasteiger partial charge in [-0.15, -0.1) is 0 Å². The molecule has 3 fully saturated rings. The first-order valence-electron chi connectivity index (χ1n) is 7.53. The largest absolute Gasteiger partial charge is 0.315 e. The van der Waals surface area contributed by atoms with Crippen molar-refractivity contribution in [1.82, 2.24) is 15.1 Å². The zero-order valence-corrected chi connectivity index (χ0v) is 11.2. The highest BCUT2D eigenvalue weighted by Gasteiger charge is 2.34. The Morgan fingerprint density at radius 1 is 1.00 bits per heavy atom. The topological polar surface area (TPSA) is 18.5 Å². The van der Waals surface area contributed by atoms with Crippen molar-refractivity contribution in [1.29, 1.82) is 0 Å². The van der Waals surface area contributed by atoms with Gasteiger partial charge in [0.15, 0.2) is 0 Å². The molecule has 98 valence electrons. The van der Waals surface area contributed by atoms with E-state index in [1.165, 1.54) is 65.0 Å². The molecule has 0 radical (unpaired) electrons. The molecule has 0 bridgehead atoms. The molecule has 3 aliphatic heterocycles. The summed E-state index contributed by atoms with van der Waals surface area (Å²) in [6, 6.07) is 1.67. The van der Waals surface area contributed by atoms with Crippen molar-refractivity contribution in [2.75, 3.05) is 39.3 Å². The van der Waals surface area contributed by atoms with Crippen LogP contribution in [0.25, 0.3) is 0 Å². The van der Waals surface area contributed by atoms with E-state index in [9.17, 15) is 0 Å². The lowest BCUT2D eigenvalue weighted by atomic mass is 9.91. The second kappa shape index (κ2) is 5.25. The van der Waals surface area contributed by atoms with Crippen LogP contribution in [0.2, 0.25) is 0 Å². The summed E-state index contributed by atoms with van der Waals surface area (Å²) in [7, 11) is 0. The molecule has 3 unspecified atom stereocenters. The maximum absolute atomic E-state index is 3.58. The van der Waals surface area contributed by atoms with Gasteiger partial charge in [0.1, 0.15) is 0 Å². The lowest BCUT2D eigenvalue weighted by molar-refractivity contribution is 0.00851. The van der Waals surface area contributed by atoms with Crippen molar-refractivity contribution in [3.8, 4) is 0 Å². The van der Waals surface area contributed by atoms with Crippen molar-refractivity contribution in [3.63, 3.8) is 0 Å². The lowest BCUT2D eigenvalue weighted by Crippen LogP contribution is -2.61. The molecule has 17 heavy (non-hydrogen) atoms. The van der Waals surface area contributed by atoms with Crippen LogP contribution in [0.3, 0.4) is 0 Å². The van der Waals surface area contributed by atoms with Crippen LogP contribution in [0.5, 0.6) is 0 Å². The smallest absolute Gasteiger partial charge is 0.0247 e. The average molecular weight is 237 g/mol. The molecule has 3 heterocycles. The molecule has 1 N–H and O–H groups in total. The second-order valence-corrected chi connectivity index (χ2v) is 6.22.